The van der Waals surface area contributed by atoms with Crippen LogP contribution < -0.4 is 5.32 Å². The average molecular weight is 195 g/mol. The summed E-state index contributed by atoms with van der Waals surface area (Å²) < 4.78 is 13.2. The van der Waals surface area contributed by atoms with E-state index in [0.29, 0.717) is 12.5 Å². The summed E-state index contributed by atoms with van der Waals surface area (Å²) in [5.41, 5.74) is 0. The van der Waals surface area contributed by atoms with Crippen LogP contribution in [0.3, 0.4) is 0 Å². The van der Waals surface area contributed by atoms with Crippen molar-refractivity contribution in [2.45, 2.75) is 19.0 Å². The van der Waals surface area contributed by atoms with Gasteiger partial charge in [0.05, 0.1) is 5.92 Å². The van der Waals surface area contributed by atoms with Gasteiger partial charge in [0.15, 0.2) is 0 Å². The number of amides is 1. The van der Waals surface area contributed by atoms with E-state index in [4.69, 9.17) is 0 Å². The molecule has 3 heteroatoms. The Balaban J connectivity index is 1.83. The van der Waals surface area contributed by atoms with Crippen molar-refractivity contribution in [1.29, 1.82) is 0 Å². The standard InChI is InChI=1S/C11H14FNO/c12-10-4-2-1-3-9(10)11(14)13-7-8-5-6-8/h1-4,8-10H,5-7H2,(H,13,14). The maximum atomic E-state index is 13.2. The smallest absolute Gasteiger partial charge is 0.230 e. The van der Waals surface area contributed by atoms with E-state index in [1.54, 1.807) is 18.2 Å². The van der Waals surface area contributed by atoms with Gasteiger partial charge in [0.25, 0.3) is 0 Å². The van der Waals surface area contributed by atoms with E-state index in [1.807, 2.05) is 0 Å². The molecule has 0 aromatic heterocycles. The molecule has 1 fully saturated rings. The van der Waals surface area contributed by atoms with Gasteiger partial charge in [-0.1, -0.05) is 18.2 Å². The molecule has 0 bridgehead atoms. The van der Waals surface area contributed by atoms with Gasteiger partial charge in [0.2, 0.25) is 5.91 Å². The summed E-state index contributed by atoms with van der Waals surface area (Å²) in [6.45, 7) is 0.708. The molecule has 2 atom stereocenters. The molecule has 2 aliphatic carbocycles. The molecule has 0 radical (unpaired) electrons. The number of hydrogen-bond acceptors (Lipinski definition) is 1. The maximum Gasteiger partial charge on any atom is 0.230 e. The monoisotopic (exact) mass is 195 g/mol. The quantitative estimate of drug-likeness (QED) is 0.728. The summed E-state index contributed by atoms with van der Waals surface area (Å²) in [5.74, 6) is -0.177. The van der Waals surface area contributed by atoms with E-state index in [0.717, 1.165) is 0 Å². The van der Waals surface area contributed by atoms with Crippen LogP contribution >= 0.6 is 0 Å². The number of carbonyl (C=O) groups excluding carboxylic acids is 1. The van der Waals surface area contributed by atoms with Crippen molar-refractivity contribution in [3.05, 3.63) is 24.3 Å². The number of nitrogens with one attached hydrogen (secondary N) is 1. The fourth-order valence-electron chi connectivity index (χ4n) is 1.50. The van der Waals surface area contributed by atoms with E-state index < -0.39 is 12.1 Å². The van der Waals surface area contributed by atoms with Gasteiger partial charge in [0, 0.05) is 6.54 Å². The highest BCUT2D eigenvalue weighted by atomic mass is 19.1. The Bertz CT molecular complexity index is 281. The fraction of sp³-hybridized carbons (Fsp3) is 0.545. The van der Waals surface area contributed by atoms with Gasteiger partial charge in [0.1, 0.15) is 6.17 Å². The summed E-state index contributed by atoms with van der Waals surface area (Å²) >= 11 is 0. The number of alkyl halides is 1. The zero-order valence-corrected chi connectivity index (χ0v) is 7.95. The van der Waals surface area contributed by atoms with Gasteiger partial charge in [-0.3, -0.25) is 4.79 Å². The molecule has 0 spiro atoms. The predicted octanol–water partition coefficient (Wildman–Crippen LogP) is 1.59. The van der Waals surface area contributed by atoms with Crippen molar-refractivity contribution in [2.75, 3.05) is 6.54 Å². The van der Waals surface area contributed by atoms with Crippen molar-refractivity contribution in [1.82, 2.24) is 5.32 Å². The Labute approximate surface area is 82.9 Å². The topological polar surface area (TPSA) is 29.1 Å². The van der Waals surface area contributed by atoms with E-state index in [-0.39, 0.29) is 5.91 Å². The molecule has 14 heavy (non-hydrogen) atoms. The van der Waals surface area contributed by atoms with Gasteiger partial charge in [-0.05, 0) is 24.8 Å². The van der Waals surface area contributed by atoms with E-state index >= 15 is 0 Å². The lowest BCUT2D eigenvalue weighted by atomic mass is 9.98. The molecule has 76 valence electrons. The van der Waals surface area contributed by atoms with Crippen molar-refractivity contribution in [2.24, 2.45) is 11.8 Å². The second-order valence-corrected chi connectivity index (χ2v) is 3.93. The number of rotatable bonds is 3. The average Bonchev–Trinajstić information content (AvgIpc) is 2.98. The molecule has 0 aromatic rings. The summed E-state index contributed by atoms with van der Waals surface area (Å²) in [6, 6.07) is 0. The van der Waals surface area contributed by atoms with Crippen LogP contribution in [0.5, 0.6) is 0 Å². The summed E-state index contributed by atoms with van der Waals surface area (Å²) in [5, 5.41) is 2.78. The number of allylic oxidation sites excluding steroid dienone is 3. The SMILES string of the molecule is O=C(NCC1CC1)C1C=CC=CC1F. The van der Waals surface area contributed by atoms with Crippen LogP contribution in [-0.2, 0) is 4.79 Å². The van der Waals surface area contributed by atoms with Crippen LogP contribution in [-0.4, -0.2) is 18.6 Å². The molecule has 2 rings (SSSR count). The number of halogens is 1. The first-order chi connectivity index (χ1) is 6.77. The normalized spacial score (nSPS) is 30.4. The van der Waals surface area contributed by atoms with Crippen LogP contribution in [0.4, 0.5) is 4.39 Å². The predicted molar refractivity (Wildman–Crippen MR) is 52.4 cm³/mol. The first kappa shape index (κ1) is 9.44. The third-order valence-corrected chi connectivity index (χ3v) is 2.63. The fourth-order valence-corrected chi connectivity index (χ4v) is 1.50. The van der Waals surface area contributed by atoms with Gasteiger partial charge in [-0.2, -0.15) is 0 Å². The molecule has 1 N–H and O–H groups in total. The molecule has 1 saturated carbocycles. The Hall–Kier alpha value is -1.12. The number of carbonyl (C=O) groups is 1. The van der Waals surface area contributed by atoms with Crippen molar-refractivity contribution in [3.8, 4) is 0 Å². The molecular formula is C11H14FNO. The van der Waals surface area contributed by atoms with Gasteiger partial charge in [-0.25, -0.2) is 4.39 Å². The van der Waals surface area contributed by atoms with Crippen LogP contribution in [0.1, 0.15) is 12.8 Å². The van der Waals surface area contributed by atoms with Gasteiger partial charge < -0.3 is 5.32 Å². The first-order valence-electron chi connectivity index (χ1n) is 5.04. The Morgan fingerprint density at radius 2 is 2.07 bits per heavy atom. The van der Waals surface area contributed by atoms with Crippen molar-refractivity contribution >= 4 is 5.91 Å². The van der Waals surface area contributed by atoms with Crippen LogP contribution in [0.2, 0.25) is 0 Å². The molecule has 2 unspecified atom stereocenters. The second-order valence-electron chi connectivity index (χ2n) is 3.93. The van der Waals surface area contributed by atoms with Crippen LogP contribution in [0, 0.1) is 11.8 Å². The summed E-state index contributed by atoms with van der Waals surface area (Å²) in [6.07, 6.45) is 7.61. The van der Waals surface area contributed by atoms with Gasteiger partial charge in [-0.15, -0.1) is 0 Å². The molecule has 1 amide bonds. The highest BCUT2D eigenvalue weighted by molar-refractivity contribution is 5.81. The van der Waals surface area contributed by atoms with Crippen molar-refractivity contribution in [3.63, 3.8) is 0 Å². The molecule has 0 heterocycles. The highest BCUT2D eigenvalue weighted by Crippen LogP contribution is 2.27. The molecular weight excluding hydrogens is 181 g/mol. The lowest BCUT2D eigenvalue weighted by Gasteiger charge is -2.16. The largest absolute Gasteiger partial charge is 0.355 e. The molecule has 2 nitrogen and oxygen atoms in total. The van der Waals surface area contributed by atoms with E-state index in [2.05, 4.69) is 5.32 Å². The summed E-state index contributed by atoms with van der Waals surface area (Å²) in [7, 11) is 0. The third kappa shape index (κ3) is 2.22. The van der Waals surface area contributed by atoms with E-state index in [9.17, 15) is 9.18 Å². The molecule has 0 aliphatic heterocycles. The minimum absolute atomic E-state index is 0.190. The van der Waals surface area contributed by atoms with Crippen LogP contribution in [0.15, 0.2) is 24.3 Å². The minimum Gasteiger partial charge on any atom is -0.355 e. The van der Waals surface area contributed by atoms with E-state index in [1.165, 1.54) is 18.9 Å². The maximum absolute atomic E-state index is 13.2. The second kappa shape index (κ2) is 3.95. The molecule has 0 aromatic carbocycles. The van der Waals surface area contributed by atoms with Gasteiger partial charge >= 0.3 is 0 Å². The Morgan fingerprint density at radius 3 is 2.71 bits per heavy atom. The lowest BCUT2D eigenvalue weighted by Crippen LogP contribution is -2.36. The zero-order chi connectivity index (χ0) is 9.97. The Morgan fingerprint density at radius 1 is 1.36 bits per heavy atom. The Kier molecular flexibility index (Phi) is 2.66. The van der Waals surface area contributed by atoms with Crippen molar-refractivity contribution < 1.29 is 9.18 Å². The van der Waals surface area contributed by atoms with Crippen LogP contribution in [0.25, 0.3) is 0 Å². The molecule has 0 saturated heterocycles. The number of hydrogen-bond donors (Lipinski definition) is 1. The third-order valence-electron chi connectivity index (χ3n) is 2.63. The molecule has 2 aliphatic rings. The summed E-state index contributed by atoms with van der Waals surface area (Å²) in [4.78, 5) is 11.5. The zero-order valence-electron chi connectivity index (χ0n) is 7.95. The lowest BCUT2D eigenvalue weighted by molar-refractivity contribution is -0.124. The first-order valence-corrected chi connectivity index (χ1v) is 5.04. The minimum atomic E-state index is -1.17. The highest BCUT2D eigenvalue weighted by Gasteiger charge is 2.27.